The first-order valence-corrected chi connectivity index (χ1v) is 9.02. The van der Waals surface area contributed by atoms with Gasteiger partial charge in [-0.2, -0.15) is 13.2 Å². The van der Waals surface area contributed by atoms with Crippen LogP contribution in [0.2, 0.25) is 0 Å². The number of carbonyl (C=O) groups excluding carboxylic acids is 1. The van der Waals surface area contributed by atoms with E-state index in [2.05, 4.69) is 4.74 Å². The summed E-state index contributed by atoms with van der Waals surface area (Å²) in [6.45, 7) is -1.80. The van der Waals surface area contributed by atoms with Crippen LogP contribution in [0, 0.1) is 0 Å². The normalized spacial score (nSPS) is 22.1. The molecule has 0 bridgehead atoms. The number of halogens is 3. The van der Waals surface area contributed by atoms with Crippen LogP contribution in [-0.4, -0.2) is 51.0 Å². The van der Waals surface area contributed by atoms with E-state index in [1.165, 1.54) is 11.3 Å². The van der Waals surface area contributed by atoms with Gasteiger partial charge < -0.3 is 9.64 Å². The van der Waals surface area contributed by atoms with Gasteiger partial charge in [-0.05, 0) is 17.9 Å². The Morgan fingerprint density at radius 3 is 2.73 bits per heavy atom. The molecule has 1 aromatic rings. The number of alkyl halides is 3. The van der Waals surface area contributed by atoms with Crippen molar-refractivity contribution in [3.8, 4) is 0 Å². The molecule has 1 aliphatic heterocycles. The lowest BCUT2D eigenvalue weighted by Crippen LogP contribution is -2.36. The second-order valence-electron chi connectivity index (χ2n) is 4.82. The molecule has 0 radical (unpaired) electrons. The Balaban J connectivity index is 2.03. The van der Waals surface area contributed by atoms with Crippen molar-refractivity contribution < 1.29 is 31.1 Å². The molecule has 0 N–H and O–H groups in total. The van der Waals surface area contributed by atoms with Gasteiger partial charge >= 0.3 is 12.3 Å². The fourth-order valence-electron chi connectivity index (χ4n) is 2.16. The van der Waals surface area contributed by atoms with Gasteiger partial charge in [0.1, 0.15) is 0 Å². The summed E-state index contributed by atoms with van der Waals surface area (Å²) in [4.78, 5) is 13.3. The summed E-state index contributed by atoms with van der Waals surface area (Å²) < 4.78 is 64.8. The van der Waals surface area contributed by atoms with E-state index in [9.17, 15) is 26.4 Å². The van der Waals surface area contributed by atoms with Crippen LogP contribution in [0.5, 0.6) is 0 Å². The number of carbonyl (C=O) groups is 1. The minimum atomic E-state index is -4.60. The average Bonchev–Trinajstić information content (AvgIpc) is 2.87. The first-order valence-electron chi connectivity index (χ1n) is 6.42. The van der Waals surface area contributed by atoms with Crippen LogP contribution in [-0.2, 0) is 14.6 Å². The quantitative estimate of drug-likeness (QED) is 0.816. The largest absolute Gasteiger partial charge is 0.440 e. The van der Waals surface area contributed by atoms with Crippen LogP contribution in [0.25, 0.3) is 0 Å². The lowest BCUT2D eigenvalue weighted by Gasteiger charge is -2.19. The van der Waals surface area contributed by atoms with E-state index in [0.29, 0.717) is 4.88 Å². The summed E-state index contributed by atoms with van der Waals surface area (Å²) in [5, 5.41) is 1.03. The summed E-state index contributed by atoms with van der Waals surface area (Å²) in [7, 11) is -3.45. The van der Waals surface area contributed by atoms with E-state index in [0.717, 1.165) is 4.90 Å². The maximum absolute atomic E-state index is 12.2. The van der Waals surface area contributed by atoms with Crippen molar-refractivity contribution in [3.63, 3.8) is 0 Å². The van der Waals surface area contributed by atoms with E-state index >= 15 is 0 Å². The standard InChI is InChI=1S/C12H14F3NO4S2/c13-12(14,15)8-20-11(17)16-4-3-10(9-2-1-6-21-9)22(18,19)7-5-16/h1-2,6,10H,3-5,7-8H2. The fraction of sp³-hybridized carbons (Fsp3) is 0.583. The van der Waals surface area contributed by atoms with Gasteiger partial charge in [-0.15, -0.1) is 11.3 Å². The van der Waals surface area contributed by atoms with Gasteiger partial charge in [-0.3, -0.25) is 0 Å². The monoisotopic (exact) mass is 357 g/mol. The van der Waals surface area contributed by atoms with Crippen LogP contribution in [0.1, 0.15) is 16.5 Å². The highest BCUT2D eigenvalue weighted by Gasteiger charge is 2.35. The van der Waals surface area contributed by atoms with Crippen LogP contribution in [0.15, 0.2) is 17.5 Å². The number of sulfone groups is 1. The molecule has 1 unspecified atom stereocenters. The molecule has 10 heteroatoms. The molecule has 1 saturated heterocycles. The van der Waals surface area contributed by atoms with Gasteiger partial charge in [0, 0.05) is 18.0 Å². The van der Waals surface area contributed by atoms with Crippen LogP contribution in [0.4, 0.5) is 18.0 Å². The Hall–Kier alpha value is -1.29. The van der Waals surface area contributed by atoms with E-state index in [4.69, 9.17) is 0 Å². The molecule has 2 heterocycles. The third-order valence-corrected chi connectivity index (χ3v) is 6.46. The molecule has 5 nitrogen and oxygen atoms in total. The third kappa shape index (κ3) is 4.35. The zero-order valence-corrected chi connectivity index (χ0v) is 13.0. The van der Waals surface area contributed by atoms with Crippen molar-refractivity contribution in [1.82, 2.24) is 4.90 Å². The number of hydrogen-bond donors (Lipinski definition) is 0. The summed E-state index contributed by atoms with van der Waals surface area (Å²) >= 11 is 1.30. The first-order chi connectivity index (χ1) is 10.2. The number of hydrogen-bond acceptors (Lipinski definition) is 5. The zero-order valence-electron chi connectivity index (χ0n) is 11.4. The molecular weight excluding hydrogens is 343 g/mol. The molecule has 0 aliphatic carbocycles. The predicted octanol–water partition coefficient (Wildman–Crippen LogP) is 2.61. The van der Waals surface area contributed by atoms with E-state index in [1.807, 2.05) is 0 Å². The first kappa shape index (κ1) is 17.1. The molecule has 124 valence electrons. The number of rotatable bonds is 2. The summed E-state index contributed by atoms with van der Waals surface area (Å²) in [5.41, 5.74) is 0. The smallest absolute Gasteiger partial charge is 0.422 e. The van der Waals surface area contributed by atoms with E-state index in [-0.39, 0.29) is 25.3 Å². The second kappa shape index (κ2) is 6.45. The van der Waals surface area contributed by atoms with Gasteiger partial charge in [0.05, 0.1) is 11.0 Å². The molecule has 1 aromatic heterocycles. The van der Waals surface area contributed by atoms with Crippen molar-refractivity contribution in [2.45, 2.75) is 17.8 Å². The van der Waals surface area contributed by atoms with Crippen molar-refractivity contribution in [1.29, 1.82) is 0 Å². The molecule has 1 atom stereocenters. The number of thiophene rings is 1. The zero-order chi connectivity index (χ0) is 16.4. The fourth-order valence-corrected chi connectivity index (χ4v) is 5.16. The topological polar surface area (TPSA) is 63.7 Å². The Morgan fingerprint density at radius 2 is 2.14 bits per heavy atom. The highest BCUT2D eigenvalue weighted by Crippen LogP contribution is 2.32. The Labute approximate surface area is 129 Å². The SMILES string of the molecule is O=C(OCC(F)(F)F)N1CCC(c2cccs2)S(=O)(=O)CC1. The summed E-state index contributed by atoms with van der Waals surface area (Å²) in [6, 6.07) is 3.43. The van der Waals surface area contributed by atoms with Gasteiger partial charge in [-0.25, -0.2) is 13.2 Å². The second-order valence-corrected chi connectivity index (χ2v) is 8.10. The maximum atomic E-state index is 12.2. The number of amides is 1. The molecule has 0 aromatic carbocycles. The maximum Gasteiger partial charge on any atom is 0.422 e. The van der Waals surface area contributed by atoms with Crippen LogP contribution >= 0.6 is 11.3 Å². The minimum absolute atomic E-state index is 0.0402. The van der Waals surface area contributed by atoms with Crippen molar-refractivity contribution in [2.24, 2.45) is 0 Å². The minimum Gasteiger partial charge on any atom is -0.440 e. The molecular formula is C12H14F3NO4S2. The highest BCUT2D eigenvalue weighted by molar-refractivity contribution is 7.91. The average molecular weight is 357 g/mol. The Kier molecular flexibility index (Phi) is 5.00. The lowest BCUT2D eigenvalue weighted by molar-refractivity contribution is -0.162. The van der Waals surface area contributed by atoms with Crippen LogP contribution in [0.3, 0.4) is 0 Å². The molecule has 1 aliphatic rings. The highest BCUT2D eigenvalue weighted by atomic mass is 32.2. The molecule has 0 spiro atoms. The van der Waals surface area contributed by atoms with Gasteiger partial charge in [0.25, 0.3) is 0 Å². The number of ether oxygens (including phenoxy) is 1. The van der Waals surface area contributed by atoms with Crippen molar-refractivity contribution in [2.75, 3.05) is 25.4 Å². The molecule has 2 rings (SSSR count). The van der Waals surface area contributed by atoms with Crippen molar-refractivity contribution >= 4 is 27.3 Å². The molecule has 22 heavy (non-hydrogen) atoms. The third-order valence-electron chi connectivity index (χ3n) is 3.22. The van der Waals surface area contributed by atoms with Gasteiger partial charge in [0.15, 0.2) is 16.4 Å². The van der Waals surface area contributed by atoms with E-state index < -0.39 is 34.0 Å². The van der Waals surface area contributed by atoms with Gasteiger partial charge in [0.2, 0.25) is 0 Å². The van der Waals surface area contributed by atoms with Crippen molar-refractivity contribution in [3.05, 3.63) is 22.4 Å². The van der Waals surface area contributed by atoms with Crippen LogP contribution < -0.4 is 0 Å². The van der Waals surface area contributed by atoms with Gasteiger partial charge in [-0.1, -0.05) is 6.07 Å². The molecule has 1 fully saturated rings. The summed E-state index contributed by atoms with van der Waals surface area (Å²) in [6.07, 6.45) is -5.60. The Morgan fingerprint density at radius 1 is 1.41 bits per heavy atom. The number of nitrogens with zero attached hydrogens (tertiary/aromatic N) is 1. The molecule has 1 amide bonds. The predicted molar refractivity (Wildman–Crippen MR) is 74.4 cm³/mol. The van der Waals surface area contributed by atoms with E-state index in [1.54, 1.807) is 17.5 Å². The molecule has 0 saturated carbocycles. The lowest BCUT2D eigenvalue weighted by atomic mass is 10.2. The Bertz CT molecular complexity index is 613. The summed E-state index contributed by atoms with van der Waals surface area (Å²) in [5.74, 6) is -0.295.